The maximum Gasteiger partial charge on any atom is 0.411 e. The number of amides is 3. The van der Waals surface area contributed by atoms with E-state index in [0.29, 0.717) is 36.8 Å². The van der Waals surface area contributed by atoms with Gasteiger partial charge >= 0.3 is 6.09 Å². The van der Waals surface area contributed by atoms with Gasteiger partial charge in [-0.05, 0) is 74.4 Å². The van der Waals surface area contributed by atoms with Crippen molar-refractivity contribution in [3.05, 3.63) is 42.2 Å². The van der Waals surface area contributed by atoms with Gasteiger partial charge in [0.2, 0.25) is 11.8 Å². The summed E-state index contributed by atoms with van der Waals surface area (Å²) in [6.07, 6.45) is 6.93. The Balaban J connectivity index is 1.74. The molecule has 0 unspecified atom stereocenters. The lowest BCUT2D eigenvalue weighted by atomic mass is 9.81. The smallest absolute Gasteiger partial charge is 0.411 e. The predicted octanol–water partition coefficient (Wildman–Crippen LogP) is 4.44. The summed E-state index contributed by atoms with van der Waals surface area (Å²) >= 11 is 0. The molecular formula is C27H37N5O4. The molecule has 0 atom stereocenters. The van der Waals surface area contributed by atoms with Crippen molar-refractivity contribution in [2.24, 2.45) is 17.6 Å². The number of pyridine rings is 1. The van der Waals surface area contributed by atoms with Gasteiger partial charge in [-0.3, -0.25) is 19.9 Å². The molecule has 1 aliphatic carbocycles. The third-order valence-electron chi connectivity index (χ3n) is 6.61. The van der Waals surface area contributed by atoms with Crippen LogP contribution < -0.4 is 21.7 Å². The lowest BCUT2D eigenvalue weighted by molar-refractivity contribution is -0.126. The average Bonchev–Trinajstić information content (AvgIpc) is 2.90. The van der Waals surface area contributed by atoms with E-state index in [1.165, 1.54) is 7.11 Å². The number of aromatic nitrogens is 1. The van der Waals surface area contributed by atoms with E-state index in [1.807, 2.05) is 25.1 Å². The fourth-order valence-corrected chi connectivity index (χ4v) is 4.42. The van der Waals surface area contributed by atoms with Gasteiger partial charge in [-0.2, -0.15) is 0 Å². The van der Waals surface area contributed by atoms with Crippen LogP contribution in [0.15, 0.2) is 36.5 Å². The maximum absolute atomic E-state index is 12.7. The third kappa shape index (κ3) is 7.78. The van der Waals surface area contributed by atoms with Gasteiger partial charge in [-0.25, -0.2) is 4.79 Å². The van der Waals surface area contributed by atoms with Crippen LogP contribution in [0.3, 0.4) is 0 Å². The third-order valence-corrected chi connectivity index (χ3v) is 6.61. The zero-order chi connectivity index (χ0) is 25.9. The zero-order valence-corrected chi connectivity index (χ0v) is 21.1. The van der Waals surface area contributed by atoms with E-state index in [0.717, 1.165) is 55.3 Å². The minimum Gasteiger partial charge on any atom is -0.453 e. The molecule has 9 heteroatoms. The lowest BCUT2D eigenvalue weighted by Gasteiger charge is -2.26. The Kier molecular flexibility index (Phi) is 10.2. The number of nitrogens with zero attached hydrogens (tertiary/aromatic N) is 1. The summed E-state index contributed by atoms with van der Waals surface area (Å²) in [4.78, 5) is 41.2. The van der Waals surface area contributed by atoms with Crippen LogP contribution in [0.25, 0.3) is 11.1 Å². The summed E-state index contributed by atoms with van der Waals surface area (Å²) in [6.45, 7) is 3.04. The van der Waals surface area contributed by atoms with Crippen LogP contribution in [0.4, 0.5) is 16.2 Å². The molecule has 194 valence electrons. The largest absolute Gasteiger partial charge is 0.453 e. The normalized spacial score (nSPS) is 17.2. The van der Waals surface area contributed by atoms with Gasteiger partial charge in [0.25, 0.3) is 0 Å². The quantitative estimate of drug-likeness (QED) is 0.385. The van der Waals surface area contributed by atoms with Crippen molar-refractivity contribution in [3.63, 3.8) is 0 Å². The molecule has 0 spiro atoms. The number of hydrogen-bond donors (Lipinski definition) is 4. The Hall–Kier alpha value is -3.46. The molecule has 1 aromatic carbocycles. The molecule has 2 aromatic rings. The molecule has 3 rings (SSSR count). The second-order valence-corrected chi connectivity index (χ2v) is 9.24. The molecule has 9 nitrogen and oxygen atoms in total. The molecule has 1 fully saturated rings. The number of nitrogens with two attached hydrogens (primary N) is 1. The van der Waals surface area contributed by atoms with Gasteiger partial charge in [-0.15, -0.1) is 0 Å². The monoisotopic (exact) mass is 495 g/mol. The average molecular weight is 496 g/mol. The molecule has 0 aliphatic heterocycles. The fourth-order valence-electron chi connectivity index (χ4n) is 4.42. The molecule has 0 radical (unpaired) electrons. The van der Waals surface area contributed by atoms with Gasteiger partial charge in [0.1, 0.15) is 0 Å². The second kappa shape index (κ2) is 13.6. The van der Waals surface area contributed by atoms with Crippen LogP contribution in [-0.2, 0) is 20.9 Å². The highest BCUT2D eigenvalue weighted by molar-refractivity contribution is 5.97. The second-order valence-electron chi connectivity index (χ2n) is 9.24. The van der Waals surface area contributed by atoms with Gasteiger partial charge in [-0.1, -0.05) is 19.4 Å². The number of methoxy groups -OCH3 is 1. The number of carbonyl (C=O) groups excluding carboxylic acids is 3. The highest BCUT2D eigenvalue weighted by atomic mass is 16.5. The predicted molar refractivity (Wildman–Crippen MR) is 140 cm³/mol. The molecule has 1 aliphatic rings. The van der Waals surface area contributed by atoms with Gasteiger partial charge in [0.05, 0.1) is 25.0 Å². The Morgan fingerprint density at radius 1 is 1.08 bits per heavy atom. The molecule has 1 aromatic heterocycles. The van der Waals surface area contributed by atoms with Crippen molar-refractivity contribution in [1.29, 1.82) is 0 Å². The standard InChI is InChI=1S/C27H37N5O4/c1-3-4-5-25(33)32-24-15-21(31-27(35)36-2)10-11-23(24)20-12-13-29-22(14-20)17-30-26(34)19-8-6-18(16-28)7-9-19/h10-15,18-19H,3-9,16-17,28H2,1-2H3,(H,30,34)(H,31,35)(H,32,33). The molecular weight excluding hydrogens is 458 g/mol. The number of nitrogens with one attached hydrogen (secondary N) is 3. The Morgan fingerprint density at radius 2 is 1.86 bits per heavy atom. The summed E-state index contributed by atoms with van der Waals surface area (Å²) in [5, 5.41) is 8.62. The van der Waals surface area contributed by atoms with Crippen molar-refractivity contribution < 1.29 is 19.1 Å². The van der Waals surface area contributed by atoms with E-state index in [2.05, 4.69) is 25.7 Å². The first-order chi connectivity index (χ1) is 17.4. The summed E-state index contributed by atoms with van der Waals surface area (Å²) in [5.74, 6) is 0.507. The van der Waals surface area contributed by atoms with Crippen molar-refractivity contribution in [3.8, 4) is 11.1 Å². The van der Waals surface area contributed by atoms with E-state index in [1.54, 1.807) is 18.3 Å². The van der Waals surface area contributed by atoms with Gasteiger partial charge in [0, 0.05) is 29.8 Å². The van der Waals surface area contributed by atoms with Crippen molar-refractivity contribution in [1.82, 2.24) is 10.3 Å². The number of ether oxygens (including phenoxy) is 1. The number of benzene rings is 1. The summed E-state index contributed by atoms with van der Waals surface area (Å²) < 4.78 is 4.67. The van der Waals surface area contributed by atoms with Crippen LogP contribution in [0.1, 0.15) is 57.6 Å². The van der Waals surface area contributed by atoms with E-state index < -0.39 is 6.09 Å². The highest BCUT2D eigenvalue weighted by Crippen LogP contribution is 2.32. The van der Waals surface area contributed by atoms with Crippen LogP contribution in [0.5, 0.6) is 0 Å². The van der Waals surface area contributed by atoms with Gasteiger partial charge < -0.3 is 21.1 Å². The first kappa shape index (κ1) is 27.1. The highest BCUT2D eigenvalue weighted by Gasteiger charge is 2.25. The zero-order valence-electron chi connectivity index (χ0n) is 21.1. The number of anilines is 2. The maximum atomic E-state index is 12.7. The summed E-state index contributed by atoms with van der Waals surface area (Å²) in [7, 11) is 1.29. The Bertz CT molecular complexity index is 1050. The number of unbranched alkanes of at least 4 members (excludes halogenated alkanes) is 1. The summed E-state index contributed by atoms with van der Waals surface area (Å²) in [5.41, 5.74) is 9.18. The molecule has 3 amide bonds. The molecule has 1 heterocycles. The van der Waals surface area contributed by atoms with Crippen LogP contribution >= 0.6 is 0 Å². The number of hydrogen-bond acceptors (Lipinski definition) is 6. The lowest BCUT2D eigenvalue weighted by Crippen LogP contribution is -2.34. The van der Waals surface area contributed by atoms with Gasteiger partial charge in [0.15, 0.2) is 0 Å². The topological polar surface area (TPSA) is 135 Å². The Morgan fingerprint density at radius 3 is 2.56 bits per heavy atom. The number of rotatable bonds is 10. The van der Waals surface area contributed by atoms with Crippen LogP contribution in [-0.4, -0.2) is 36.5 Å². The van der Waals surface area contributed by atoms with E-state index in [-0.39, 0.29) is 17.7 Å². The SMILES string of the molecule is CCCCC(=O)Nc1cc(NC(=O)OC)ccc1-c1ccnc(CNC(=O)C2CCC(CN)CC2)c1. The fraction of sp³-hybridized carbons (Fsp3) is 0.481. The van der Waals surface area contributed by atoms with Crippen LogP contribution in [0, 0.1) is 11.8 Å². The first-order valence-electron chi connectivity index (χ1n) is 12.6. The molecule has 1 saturated carbocycles. The minimum absolute atomic E-state index is 0.0239. The summed E-state index contributed by atoms with van der Waals surface area (Å²) in [6, 6.07) is 9.03. The van der Waals surface area contributed by atoms with Crippen molar-refractivity contribution in [2.45, 2.75) is 58.4 Å². The molecule has 0 bridgehead atoms. The first-order valence-corrected chi connectivity index (χ1v) is 12.6. The minimum atomic E-state index is -0.593. The van der Waals surface area contributed by atoms with Crippen LogP contribution in [0.2, 0.25) is 0 Å². The van der Waals surface area contributed by atoms with Crippen molar-refractivity contribution in [2.75, 3.05) is 24.3 Å². The molecule has 36 heavy (non-hydrogen) atoms. The van der Waals surface area contributed by atoms with Crippen molar-refractivity contribution >= 4 is 29.3 Å². The van der Waals surface area contributed by atoms with E-state index in [4.69, 9.17) is 5.73 Å². The van der Waals surface area contributed by atoms with E-state index >= 15 is 0 Å². The Labute approximate surface area is 212 Å². The van der Waals surface area contributed by atoms with E-state index in [9.17, 15) is 14.4 Å². The molecule has 0 saturated heterocycles. The number of carbonyl (C=O) groups is 3. The molecule has 5 N–H and O–H groups in total.